The summed E-state index contributed by atoms with van der Waals surface area (Å²) in [4.78, 5) is 3.27. The highest BCUT2D eigenvalue weighted by Crippen LogP contribution is 2.18. The third-order valence-corrected chi connectivity index (χ3v) is 4.19. The first kappa shape index (κ1) is 12.9. The molecule has 0 amide bonds. The Hall–Kier alpha value is -1.14. The highest BCUT2D eigenvalue weighted by Gasteiger charge is 2.05. The number of nitrogens with zero attached hydrogens (tertiary/aromatic N) is 1. The standard InChI is InChI=1S/C15H13IN2S/c1-10-2-4-11(5-3-10)9-18-14-7-6-12(16)8-13(14)17-15(18)19/h2-8H,9H2,1H3,(H,17,19). The molecule has 0 aliphatic carbocycles. The second-order valence-corrected chi connectivity index (χ2v) is 6.30. The van der Waals surface area contributed by atoms with E-state index in [-0.39, 0.29) is 0 Å². The first-order valence-corrected chi connectivity index (χ1v) is 7.56. The fourth-order valence-corrected chi connectivity index (χ4v) is 2.93. The van der Waals surface area contributed by atoms with Crippen LogP contribution >= 0.6 is 34.8 Å². The Kier molecular flexibility index (Phi) is 3.45. The molecule has 19 heavy (non-hydrogen) atoms. The van der Waals surface area contributed by atoms with Gasteiger partial charge in [-0.3, -0.25) is 0 Å². The number of aromatic amines is 1. The average Bonchev–Trinajstić information content (AvgIpc) is 2.68. The first-order chi connectivity index (χ1) is 9.13. The predicted octanol–water partition coefficient (Wildman–Crippen LogP) is 4.66. The highest BCUT2D eigenvalue weighted by molar-refractivity contribution is 14.1. The fraction of sp³-hybridized carbons (Fsp3) is 0.133. The van der Waals surface area contributed by atoms with Crippen LogP contribution in [0, 0.1) is 15.3 Å². The Balaban J connectivity index is 2.07. The molecule has 0 unspecified atom stereocenters. The molecule has 1 N–H and O–H groups in total. The zero-order chi connectivity index (χ0) is 13.4. The summed E-state index contributed by atoms with van der Waals surface area (Å²) in [5.74, 6) is 0. The van der Waals surface area contributed by atoms with E-state index >= 15 is 0 Å². The van der Waals surface area contributed by atoms with Gasteiger partial charge in [0.05, 0.1) is 17.6 Å². The van der Waals surface area contributed by atoms with Gasteiger partial charge in [0.2, 0.25) is 0 Å². The van der Waals surface area contributed by atoms with E-state index in [1.807, 2.05) is 0 Å². The molecule has 0 aliphatic rings. The number of nitrogens with one attached hydrogen (secondary N) is 1. The number of aryl methyl sites for hydroxylation is 1. The van der Waals surface area contributed by atoms with E-state index in [0.717, 1.165) is 22.3 Å². The molecule has 2 aromatic carbocycles. The van der Waals surface area contributed by atoms with Crippen molar-refractivity contribution < 1.29 is 0 Å². The summed E-state index contributed by atoms with van der Waals surface area (Å²) < 4.78 is 4.13. The van der Waals surface area contributed by atoms with Crippen molar-refractivity contribution in [3.8, 4) is 0 Å². The number of rotatable bonds is 2. The number of aromatic nitrogens is 2. The van der Waals surface area contributed by atoms with Crippen molar-refractivity contribution in [3.63, 3.8) is 0 Å². The van der Waals surface area contributed by atoms with Crippen LogP contribution in [0.5, 0.6) is 0 Å². The Morgan fingerprint density at radius 2 is 1.89 bits per heavy atom. The lowest BCUT2D eigenvalue weighted by molar-refractivity contribution is 0.810. The lowest BCUT2D eigenvalue weighted by Crippen LogP contribution is -1.99. The van der Waals surface area contributed by atoms with E-state index in [4.69, 9.17) is 12.2 Å². The fourth-order valence-electron chi connectivity index (χ4n) is 2.17. The minimum atomic E-state index is 0.776. The molecule has 3 aromatic rings. The van der Waals surface area contributed by atoms with Crippen LogP contribution < -0.4 is 0 Å². The molecule has 1 aromatic heterocycles. The molecule has 0 saturated carbocycles. The molecule has 0 atom stereocenters. The number of imidazole rings is 1. The smallest absolute Gasteiger partial charge is 0.178 e. The third-order valence-electron chi connectivity index (χ3n) is 3.20. The third kappa shape index (κ3) is 2.60. The molecule has 1 heterocycles. The number of benzene rings is 2. The van der Waals surface area contributed by atoms with E-state index < -0.39 is 0 Å². The van der Waals surface area contributed by atoms with Crippen LogP contribution in [-0.2, 0) is 6.54 Å². The van der Waals surface area contributed by atoms with Gasteiger partial charge in [-0.05, 0) is 65.5 Å². The zero-order valence-corrected chi connectivity index (χ0v) is 13.5. The van der Waals surface area contributed by atoms with Crippen molar-refractivity contribution >= 4 is 45.8 Å². The van der Waals surface area contributed by atoms with E-state index in [1.165, 1.54) is 14.7 Å². The van der Waals surface area contributed by atoms with Crippen LogP contribution in [0.4, 0.5) is 0 Å². The summed E-state index contributed by atoms with van der Waals surface area (Å²) in [5.41, 5.74) is 4.80. The highest BCUT2D eigenvalue weighted by atomic mass is 127. The Bertz CT molecular complexity index is 784. The molecule has 2 nitrogen and oxygen atoms in total. The molecular formula is C15H13IN2S. The normalized spacial score (nSPS) is 11.1. The molecule has 0 spiro atoms. The van der Waals surface area contributed by atoms with Gasteiger partial charge in [-0.1, -0.05) is 29.8 Å². The Morgan fingerprint density at radius 1 is 1.16 bits per heavy atom. The van der Waals surface area contributed by atoms with E-state index in [9.17, 15) is 0 Å². The minimum absolute atomic E-state index is 0.776. The van der Waals surface area contributed by atoms with Gasteiger partial charge in [0.15, 0.2) is 4.77 Å². The van der Waals surface area contributed by atoms with Gasteiger partial charge >= 0.3 is 0 Å². The lowest BCUT2D eigenvalue weighted by Gasteiger charge is -2.05. The van der Waals surface area contributed by atoms with Crippen molar-refractivity contribution in [1.82, 2.24) is 9.55 Å². The molecule has 0 fully saturated rings. The topological polar surface area (TPSA) is 20.7 Å². The van der Waals surface area contributed by atoms with Gasteiger partial charge in [-0.2, -0.15) is 0 Å². The summed E-state index contributed by atoms with van der Waals surface area (Å²) >= 11 is 7.74. The van der Waals surface area contributed by atoms with Crippen molar-refractivity contribution in [2.75, 3.05) is 0 Å². The monoisotopic (exact) mass is 380 g/mol. The second-order valence-electron chi connectivity index (χ2n) is 4.66. The second kappa shape index (κ2) is 5.09. The van der Waals surface area contributed by atoms with E-state index in [2.05, 4.69) is 81.5 Å². The first-order valence-electron chi connectivity index (χ1n) is 6.07. The molecular weight excluding hydrogens is 367 g/mol. The van der Waals surface area contributed by atoms with Crippen LogP contribution in [0.15, 0.2) is 42.5 Å². The van der Waals surface area contributed by atoms with Crippen molar-refractivity contribution in [1.29, 1.82) is 0 Å². The maximum Gasteiger partial charge on any atom is 0.178 e. The summed E-state index contributed by atoms with van der Waals surface area (Å²) in [5, 5.41) is 0. The van der Waals surface area contributed by atoms with Crippen LogP contribution in [0.3, 0.4) is 0 Å². The van der Waals surface area contributed by atoms with Gasteiger partial charge in [0.25, 0.3) is 0 Å². The number of hydrogen-bond acceptors (Lipinski definition) is 1. The predicted molar refractivity (Wildman–Crippen MR) is 90.1 cm³/mol. The number of halogens is 1. The van der Waals surface area contributed by atoms with Gasteiger partial charge in [0.1, 0.15) is 0 Å². The summed E-state index contributed by atoms with van der Waals surface area (Å²) in [6.07, 6.45) is 0. The molecule has 0 radical (unpaired) electrons. The molecule has 96 valence electrons. The minimum Gasteiger partial charge on any atom is -0.331 e. The van der Waals surface area contributed by atoms with Crippen LogP contribution in [0.2, 0.25) is 0 Å². The van der Waals surface area contributed by atoms with E-state index in [1.54, 1.807) is 0 Å². The largest absolute Gasteiger partial charge is 0.331 e. The van der Waals surface area contributed by atoms with Gasteiger partial charge in [0, 0.05) is 3.57 Å². The zero-order valence-electron chi connectivity index (χ0n) is 10.5. The molecule has 3 rings (SSSR count). The van der Waals surface area contributed by atoms with E-state index in [0.29, 0.717) is 0 Å². The quantitative estimate of drug-likeness (QED) is 0.507. The summed E-state index contributed by atoms with van der Waals surface area (Å²) in [6, 6.07) is 14.9. The maximum absolute atomic E-state index is 5.43. The number of fused-ring (bicyclic) bond motifs is 1. The molecule has 4 heteroatoms. The van der Waals surface area contributed by atoms with Crippen LogP contribution in [0.1, 0.15) is 11.1 Å². The van der Waals surface area contributed by atoms with Gasteiger partial charge in [-0.15, -0.1) is 0 Å². The SMILES string of the molecule is Cc1ccc(Cn2c(=S)[nH]c3cc(I)ccc32)cc1. The molecule has 0 saturated heterocycles. The average molecular weight is 380 g/mol. The Labute approximate surface area is 130 Å². The number of hydrogen-bond donors (Lipinski definition) is 1. The lowest BCUT2D eigenvalue weighted by atomic mass is 10.1. The van der Waals surface area contributed by atoms with Crippen molar-refractivity contribution in [2.24, 2.45) is 0 Å². The van der Waals surface area contributed by atoms with Crippen LogP contribution in [-0.4, -0.2) is 9.55 Å². The maximum atomic E-state index is 5.43. The summed E-state index contributed by atoms with van der Waals surface area (Å²) in [7, 11) is 0. The summed E-state index contributed by atoms with van der Waals surface area (Å²) in [6.45, 7) is 2.91. The van der Waals surface area contributed by atoms with Crippen LogP contribution in [0.25, 0.3) is 11.0 Å². The molecule has 0 aliphatic heterocycles. The molecule has 0 bridgehead atoms. The number of H-pyrrole nitrogens is 1. The van der Waals surface area contributed by atoms with Gasteiger partial charge in [-0.25, -0.2) is 0 Å². The Morgan fingerprint density at radius 3 is 2.63 bits per heavy atom. The van der Waals surface area contributed by atoms with Crippen molar-refractivity contribution in [2.45, 2.75) is 13.5 Å². The van der Waals surface area contributed by atoms with Crippen molar-refractivity contribution in [3.05, 3.63) is 61.9 Å². The van der Waals surface area contributed by atoms with Gasteiger partial charge < -0.3 is 9.55 Å².